The lowest BCUT2D eigenvalue weighted by molar-refractivity contribution is -0.386. The zero-order valence-corrected chi connectivity index (χ0v) is 15.0. The van der Waals surface area contributed by atoms with Crippen LogP contribution in [0.25, 0.3) is 0 Å². The minimum absolute atomic E-state index is 0.134. The van der Waals surface area contributed by atoms with Gasteiger partial charge in [-0.3, -0.25) is 24.4 Å². The molecule has 2 aromatic rings. The number of aryl methyl sites for hydroxylation is 3. The zero-order chi connectivity index (χ0) is 19.4. The number of nitrogens with one attached hydrogen (secondary N) is 1. The lowest BCUT2D eigenvalue weighted by Crippen LogP contribution is -2.23. The normalized spacial score (nSPS) is 10.5. The highest BCUT2D eigenvalue weighted by atomic mass is 16.6. The monoisotopic (exact) mass is 360 g/mol. The van der Waals surface area contributed by atoms with E-state index < -0.39 is 23.4 Å². The summed E-state index contributed by atoms with van der Waals surface area (Å²) in [4.78, 5) is 34.2. The van der Waals surface area contributed by atoms with Crippen LogP contribution in [0.2, 0.25) is 0 Å². The minimum atomic E-state index is -0.707. The van der Waals surface area contributed by atoms with Gasteiger partial charge in [0.2, 0.25) is 0 Å². The van der Waals surface area contributed by atoms with Crippen LogP contribution in [0.15, 0.2) is 18.2 Å². The van der Waals surface area contributed by atoms with Gasteiger partial charge in [-0.25, -0.2) is 0 Å². The van der Waals surface area contributed by atoms with Gasteiger partial charge < -0.3 is 10.1 Å². The number of carbonyl (C=O) groups excluding carboxylic acids is 2. The van der Waals surface area contributed by atoms with Gasteiger partial charge in [0, 0.05) is 5.69 Å². The van der Waals surface area contributed by atoms with Crippen molar-refractivity contribution in [1.29, 1.82) is 0 Å². The summed E-state index contributed by atoms with van der Waals surface area (Å²) in [6, 6.07) is 5.57. The van der Waals surface area contributed by atoms with E-state index >= 15 is 0 Å². The molecule has 0 saturated carbocycles. The van der Waals surface area contributed by atoms with Gasteiger partial charge in [-0.15, -0.1) is 0 Å². The number of carbonyl (C=O) groups is 2. The molecule has 2 rings (SSSR count). The Hall–Kier alpha value is -3.23. The highest BCUT2D eigenvalue weighted by Crippen LogP contribution is 2.21. The van der Waals surface area contributed by atoms with Crippen LogP contribution in [0.5, 0.6) is 0 Å². The molecule has 1 aromatic carbocycles. The second-order valence-corrected chi connectivity index (χ2v) is 5.96. The third kappa shape index (κ3) is 4.44. The number of benzene rings is 1. The molecule has 1 aromatic heterocycles. The first kappa shape index (κ1) is 19.1. The molecule has 0 atom stereocenters. The predicted octanol–water partition coefficient (Wildman–Crippen LogP) is 2.21. The maximum absolute atomic E-state index is 11.9. The first-order valence-electron chi connectivity index (χ1n) is 7.90. The Morgan fingerprint density at radius 2 is 1.96 bits per heavy atom. The van der Waals surface area contributed by atoms with Gasteiger partial charge in [0.15, 0.2) is 6.61 Å². The first-order chi connectivity index (χ1) is 12.2. The summed E-state index contributed by atoms with van der Waals surface area (Å²) in [6.45, 7) is 6.04. The molecule has 0 aliphatic carbocycles. The van der Waals surface area contributed by atoms with E-state index in [4.69, 9.17) is 4.74 Å². The second kappa shape index (κ2) is 7.77. The Morgan fingerprint density at radius 1 is 1.27 bits per heavy atom. The van der Waals surface area contributed by atoms with Gasteiger partial charge in [-0.05, 0) is 39.3 Å². The van der Waals surface area contributed by atoms with Crippen LogP contribution in [-0.2, 0) is 20.9 Å². The average molecular weight is 360 g/mol. The van der Waals surface area contributed by atoms with Crippen molar-refractivity contribution in [1.82, 2.24) is 9.78 Å². The van der Waals surface area contributed by atoms with Crippen molar-refractivity contribution in [2.45, 2.75) is 34.2 Å². The summed E-state index contributed by atoms with van der Waals surface area (Å²) in [5.41, 5.74) is 2.96. The van der Waals surface area contributed by atoms with Gasteiger partial charge in [0.1, 0.15) is 17.9 Å². The van der Waals surface area contributed by atoms with Crippen LogP contribution < -0.4 is 5.32 Å². The highest BCUT2D eigenvalue weighted by Gasteiger charge is 2.23. The van der Waals surface area contributed by atoms with E-state index in [0.717, 1.165) is 11.1 Å². The third-order valence-corrected chi connectivity index (χ3v) is 3.82. The molecule has 1 N–H and O–H groups in total. The molecule has 0 aliphatic rings. The van der Waals surface area contributed by atoms with Gasteiger partial charge in [-0.1, -0.05) is 17.7 Å². The van der Waals surface area contributed by atoms with Crippen LogP contribution in [0.3, 0.4) is 0 Å². The summed E-state index contributed by atoms with van der Waals surface area (Å²) in [5, 5.41) is 17.6. The lowest BCUT2D eigenvalue weighted by Gasteiger charge is -2.10. The molecule has 26 heavy (non-hydrogen) atoms. The number of hydrogen-bond donors (Lipinski definition) is 1. The molecule has 1 heterocycles. The molecule has 0 unspecified atom stereocenters. The SMILES string of the molecule is Cc1ccc(NC(=O)COC(=O)Cn2nc(C)c([N+](=O)[O-])c2C)c(C)c1. The molecular formula is C17H20N4O5. The zero-order valence-electron chi connectivity index (χ0n) is 15.0. The fraction of sp³-hybridized carbons (Fsp3) is 0.353. The Kier molecular flexibility index (Phi) is 5.71. The summed E-state index contributed by atoms with van der Waals surface area (Å²) < 4.78 is 6.12. The van der Waals surface area contributed by atoms with Crippen molar-refractivity contribution < 1.29 is 19.2 Å². The Labute approximate surface area is 150 Å². The van der Waals surface area contributed by atoms with E-state index in [1.807, 2.05) is 26.0 Å². The van der Waals surface area contributed by atoms with Crippen molar-refractivity contribution >= 4 is 23.3 Å². The van der Waals surface area contributed by atoms with Crippen molar-refractivity contribution in [2.24, 2.45) is 0 Å². The van der Waals surface area contributed by atoms with E-state index in [1.54, 1.807) is 6.07 Å². The number of amides is 1. The quantitative estimate of drug-likeness (QED) is 0.479. The Bertz CT molecular complexity index is 872. The number of aromatic nitrogens is 2. The second-order valence-electron chi connectivity index (χ2n) is 5.96. The maximum atomic E-state index is 11.9. The summed E-state index contributed by atoms with van der Waals surface area (Å²) in [5.74, 6) is -1.18. The highest BCUT2D eigenvalue weighted by molar-refractivity contribution is 5.93. The van der Waals surface area contributed by atoms with Gasteiger partial charge in [0.25, 0.3) is 5.91 Å². The number of hydrogen-bond acceptors (Lipinski definition) is 6. The van der Waals surface area contributed by atoms with Gasteiger partial charge in [-0.2, -0.15) is 5.10 Å². The van der Waals surface area contributed by atoms with Gasteiger partial charge in [0.05, 0.1) is 4.92 Å². The van der Waals surface area contributed by atoms with Crippen molar-refractivity contribution in [3.8, 4) is 0 Å². The summed E-state index contributed by atoms with van der Waals surface area (Å²) >= 11 is 0. The molecule has 0 radical (unpaired) electrons. The van der Waals surface area contributed by atoms with E-state index in [1.165, 1.54) is 18.5 Å². The smallest absolute Gasteiger partial charge is 0.328 e. The molecule has 0 bridgehead atoms. The fourth-order valence-electron chi connectivity index (χ4n) is 2.56. The number of rotatable bonds is 6. The Morgan fingerprint density at radius 3 is 2.54 bits per heavy atom. The van der Waals surface area contributed by atoms with E-state index in [-0.39, 0.29) is 23.6 Å². The van der Waals surface area contributed by atoms with Crippen LogP contribution >= 0.6 is 0 Å². The van der Waals surface area contributed by atoms with E-state index in [0.29, 0.717) is 5.69 Å². The maximum Gasteiger partial charge on any atom is 0.328 e. The molecule has 9 nitrogen and oxygen atoms in total. The molecule has 0 fully saturated rings. The Balaban J connectivity index is 1.91. The summed E-state index contributed by atoms with van der Waals surface area (Å²) in [7, 11) is 0. The number of nitro groups is 1. The largest absolute Gasteiger partial charge is 0.454 e. The average Bonchev–Trinajstić information content (AvgIpc) is 2.82. The molecule has 0 saturated heterocycles. The van der Waals surface area contributed by atoms with Crippen LogP contribution in [0.4, 0.5) is 11.4 Å². The summed E-state index contributed by atoms with van der Waals surface area (Å²) in [6.07, 6.45) is 0. The van der Waals surface area contributed by atoms with E-state index in [2.05, 4.69) is 10.4 Å². The molecule has 1 amide bonds. The third-order valence-electron chi connectivity index (χ3n) is 3.82. The minimum Gasteiger partial charge on any atom is -0.454 e. The van der Waals surface area contributed by atoms with Gasteiger partial charge >= 0.3 is 11.7 Å². The number of nitrogens with zero attached hydrogens (tertiary/aromatic N) is 3. The standard InChI is InChI=1S/C17H20N4O5/c1-10-5-6-14(11(2)7-10)18-15(22)9-26-16(23)8-20-13(4)17(21(24)25)12(3)19-20/h5-7H,8-9H2,1-4H3,(H,18,22). The van der Waals surface area contributed by atoms with Crippen LogP contribution in [0.1, 0.15) is 22.5 Å². The van der Waals surface area contributed by atoms with E-state index in [9.17, 15) is 19.7 Å². The topological polar surface area (TPSA) is 116 Å². The predicted molar refractivity (Wildman–Crippen MR) is 93.9 cm³/mol. The first-order valence-corrected chi connectivity index (χ1v) is 7.90. The molecule has 0 aliphatic heterocycles. The molecule has 9 heteroatoms. The number of anilines is 1. The molecule has 0 spiro atoms. The van der Waals surface area contributed by atoms with Crippen LogP contribution in [-0.4, -0.2) is 33.2 Å². The molecule has 138 valence electrons. The van der Waals surface area contributed by atoms with Crippen molar-refractivity contribution in [3.05, 3.63) is 50.8 Å². The van der Waals surface area contributed by atoms with Crippen LogP contribution in [0, 0.1) is 37.8 Å². The fourth-order valence-corrected chi connectivity index (χ4v) is 2.56. The number of esters is 1. The van der Waals surface area contributed by atoms with Crippen molar-refractivity contribution in [2.75, 3.05) is 11.9 Å². The van der Waals surface area contributed by atoms with Crippen molar-refractivity contribution in [3.63, 3.8) is 0 Å². The number of ether oxygens (including phenoxy) is 1. The lowest BCUT2D eigenvalue weighted by atomic mass is 10.1. The molecular weight excluding hydrogens is 340 g/mol.